The van der Waals surface area contributed by atoms with Gasteiger partial charge in [0.1, 0.15) is 5.69 Å². The molecule has 1 aromatic rings. The minimum atomic E-state index is -0.453. The number of benzene rings is 1. The number of aliphatic hydroxyl groups is 1. The number of hydrogen-bond donors (Lipinski definition) is 3. The van der Waals surface area contributed by atoms with Gasteiger partial charge in [0.25, 0.3) is 5.69 Å². The van der Waals surface area contributed by atoms with Crippen molar-refractivity contribution in [2.75, 3.05) is 22.0 Å². The molecule has 0 saturated carbocycles. The van der Waals surface area contributed by atoms with Crippen molar-refractivity contribution in [3.63, 3.8) is 0 Å². The SMILES string of the molecule is O=[N+]([O-])c1cc(NCCO)ccc1NI. The minimum Gasteiger partial charge on any atom is -0.395 e. The summed E-state index contributed by atoms with van der Waals surface area (Å²) >= 11 is 1.84. The van der Waals surface area contributed by atoms with Crippen molar-refractivity contribution in [3.05, 3.63) is 28.3 Å². The Kier molecular flexibility index (Phi) is 4.56. The van der Waals surface area contributed by atoms with Crippen LogP contribution in [-0.4, -0.2) is 23.2 Å². The number of nitro groups is 1. The van der Waals surface area contributed by atoms with Crippen LogP contribution in [0.15, 0.2) is 18.2 Å². The highest BCUT2D eigenvalue weighted by Crippen LogP contribution is 2.28. The first-order valence-electron chi connectivity index (χ1n) is 4.19. The summed E-state index contributed by atoms with van der Waals surface area (Å²) in [6, 6.07) is 4.75. The number of halogens is 1. The highest BCUT2D eigenvalue weighted by atomic mass is 127. The average Bonchev–Trinajstić information content (AvgIpc) is 2.25. The molecule has 0 amide bonds. The first-order valence-corrected chi connectivity index (χ1v) is 5.26. The third kappa shape index (κ3) is 3.20. The molecule has 1 aromatic carbocycles. The van der Waals surface area contributed by atoms with Gasteiger partial charge in [0.2, 0.25) is 0 Å². The van der Waals surface area contributed by atoms with Crippen molar-refractivity contribution < 1.29 is 10.0 Å². The molecule has 0 aliphatic rings. The molecule has 1 rings (SSSR count). The molecule has 82 valence electrons. The third-order valence-electron chi connectivity index (χ3n) is 1.74. The molecule has 0 aromatic heterocycles. The Morgan fingerprint density at radius 1 is 1.53 bits per heavy atom. The summed E-state index contributed by atoms with van der Waals surface area (Å²) < 4.78 is 2.71. The van der Waals surface area contributed by atoms with Gasteiger partial charge in [0, 0.05) is 18.3 Å². The summed E-state index contributed by atoms with van der Waals surface area (Å²) in [5, 5.41) is 22.1. The van der Waals surface area contributed by atoms with Gasteiger partial charge in [0.05, 0.1) is 34.4 Å². The van der Waals surface area contributed by atoms with Crippen LogP contribution in [0.3, 0.4) is 0 Å². The molecule has 0 atom stereocenters. The number of aliphatic hydroxyl groups excluding tert-OH is 1. The van der Waals surface area contributed by atoms with E-state index < -0.39 is 4.92 Å². The first-order chi connectivity index (χ1) is 7.19. The zero-order valence-electron chi connectivity index (χ0n) is 7.74. The number of anilines is 2. The molecule has 0 bridgehead atoms. The highest BCUT2D eigenvalue weighted by Gasteiger charge is 2.13. The fourth-order valence-electron chi connectivity index (χ4n) is 1.07. The monoisotopic (exact) mass is 323 g/mol. The fraction of sp³-hybridized carbons (Fsp3) is 0.250. The summed E-state index contributed by atoms with van der Waals surface area (Å²) in [5.41, 5.74) is 1.08. The van der Waals surface area contributed by atoms with Gasteiger partial charge in [-0.1, -0.05) is 0 Å². The van der Waals surface area contributed by atoms with E-state index in [1.807, 2.05) is 22.9 Å². The van der Waals surface area contributed by atoms with Crippen LogP contribution in [0.25, 0.3) is 0 Å². The third-order valence-corrected chi connectivity index (χ3v) is 2.32. The van der Waals surface area contributed by atoms with Crippen LogP contribution in [0.1, 0.15) is 0 Å². The molecule has 0 aliphatic carbocycles. The van der Waals surface area contributed by atoms with Crippen molar-refractivity contribution in [2.45, 2.75) is 0 Å². The number of nitrogens with one attached hydrogen (secondary N) is 2. The molecule has 3 N–H and O–H groups in total. The normalized spacial score (nSPS) is 9.73. The van der Waals surface area contributed by atoms with Crippen LogP contribution in [0.4, 0.5) is 17.1 Å². The Bertz CT molecular complexity index is 359. The molecule has 0 radical (unpaired) electrons. The van der Waals surface area contributed by atoms with E-state index in [4.69, 9.17) is 5.11 Å². The molecule has 0 heterocycles. The molecular weight excluding hydrogens is 313 g/mol. The van der Waals surface area contributed by atoms with Crippen molar-refractivity contribution in [3.8, 4) is 0 Å². The van der Waals surface area contributed by atoms with Crippen molar-refractivity contribution in [1.29, 1.82) is 0 Å². The van der Waals surface area contributed by atoms with E-state index in [9.17, 15) is 10.1 Å². The van der Waals surface area contributed by atoms with E-state index in [0.29, 0.717) is 17.9 Å². The van der Waals surface area contributed by atoms with Gasteiger partial charge in [-0.25, -0.2) is 0 Å². The second-order valence-corrected chi connectivity index (χ2v) is 3.27. The van der Waals surface area contributed by atoms with Gasteiger partial charge < -0.3 is 14.0 Å². The van der Waals surface area contributed by atoms with E-state index >= 15 is 0 Å². The van der Waals surface area contributed by atoms with Gasteiger partial charge in [0.15, 0.2) is 0 Å². The zero-order chi connectivity index (χ0) is 11.3. The van der Waals surface area contributed by atoms with Crippen LogP contribution < -0.4 is 8.85 Å². The highest BCUT2D eigenvalue weighted by molar-refractivity contribution is 14.1. The minimum absolute atomic E-state index is 0.00680. The van der Waals surface area contributed by atoms with Gasteiger partial charge in [-0.05, 0) is 12.1 Å². The van der Waals surface area contributed by atoms with Crippen LogP contribution in [0.5, 0.6) is 0 Å². The lowest BCUT2D eigenvalue weighted by Gasteiger charge is -2.06. The number of nitrogens with zero attached hydrogens (tertiary/aromatic N) is 1. The Balaban J connectivity index is 2.94. The number of rotatable bonds is 5. The number of nitro benzene ring substituents is 1. The van der Waals surface area contributed by atoms with Gasteiger partial charge in [-0.2, -0.15) is 0 Å². The lowest BCUT2D eigenvalue weighted by molar-refractivity contribution is -0.383. The number of hydrogen-bond acceptors (Lipinski definition) is 5. The maximum atomic E-state index is 10.7. The van der Waals surface area contributed by atoms with Crippen molar-refractivity contribution in [2.24, 2.45) is 0 Å². The standard InChI is InChI=1S/C8H10IN3O3/c9-11-7-2-1-6(10-3-4-13)5-8(7)12(14)15/h1-2,5,10-11,13H,3-4H2. The van der Waals surface area contributed by atoms with Crippen LogP contribution in [0.2, 0.25) is 0 Å². The first kappa shape index (κ1) is 12.0. The quantitative estimate of drug-likeness (QED) is 0.333. The molecule has 0 saturated heterocycles. The molecule has 0 spiro atoms. The van der Waals surface area contributed by atoms with Crippen molar-refractivity contribution in [1.82, 2.24) is 0 Å². The van der Waals surface area contributed by atoms with E-state index in [1.54, 1.807) is 12.1 Å². The van der Waals surface area contributed by atoms with E-state index in [2.05, 4.69) is 8.85 Å². The lowest BCUT2D eigenvalue weighted by Crippen LogP contribution is -2.05. The van der Waals surface area contributed by atoms with Crippen LogP contribution in [-0.2, 0) is 0 Å². The van der Waals surface area contributed by atoms with Crippen molar-refractivity contribution >= 4 is 39.9 Å². The summed E-state index contributed by atoms with van der Waals surface area (Å²) in [4.78, 5) is 10.2. The maximum absolute atomic E-state index is 10.7. The van der Waals surface area contributed by atoms with Gasteiger partial charge >= 0.3 is 0 Å². The summed E-state index contributed by atoms with van der Waals surface area (Å²) in [6.45, 7) is 0.355. The molecule has 0 unspecified atom stereocenters. The predicted octanol–water partition coefficient (Wildman–Crippen LogP) is 1.76. The molecule has 6 nitrogen and oxygen atoms in total. The Hall–Kier alpha value is -1.09. The predicted molar refractivity (Wildman–Crippen MR) is 66.3 cm³/mol. The van der Waals surface area contributed by atoms with E-state index in [1.165, 1.54) is 6.07 Å². The zero-order valence-corrected chi connectivity index (χ0v) is 9.89. The largest absolute Gasteiger partial charge is 0.395 e. The van der Waals surface area contributed by atoms with Crippen LogP contribution in [0, 0.1) is 10.1 Å². The van der Waals surface area contributed by atoms with E-state index in [-0.39, 0.29) is 12.3 Å². The summed E-state index contributed by atoms with van der Waals surface area (Å²) in [5.74, 6) is 0. The fourth-order valence-corrected chi connectivity index (χ4v) is 1.53. The smallest absolute Gasteiger partial charge is 0.295 e. The summed E-state index contributed by atoms with van der Waals surface area (Å²) in [7, 11) is 0. The van der Waals surface area contributed by atoms with Crippen LogP contribution >= 0.6 is 22.9 Å². The molecule has 0 aliphatic heterocycles. The second kappa shape index (κ2) is 5.71. The topological polar surface area (TPSA) is 87.4 Å². The lowest BCUT2D eigenvalue weighted by atomic mass is 10.2. The Morgan fingerprint density at radius 2 is 2.27 bits per heavy atom. The molecule has 7 heteroatoms. The molecular formula is C8H10IN3O3. The maximum Gasteiger partial charge on any atom is 0.295 e. The Morgan fingerprint density at radius 3 is 2.80 bits per heavy atom. The van der Waals surface area contributed by atoms with Gasteiger partial charge in [-0.3, -0.25) is 10.1 Å². The Labute approximate surface area is 100 Å². The molecule has 15 heavy (non-hydrogen) atoms. The average molecular weight is 323 g/mol. The van der Waals surface area contributed by atoms with Gasteiger partial charge in [-0.15, -0.1) is 0 Å². The second-order valence-electron chi connectivity index (χ2n) is 2.73. The summed E-state index contributed by atoms with van der Waals surface area (Å²) in [6.07, 6.45) is 0. The van der Waals surface area contributed by atoms with E-state index in [0.717, 1.165) is 0 Å². The molecule has 0 fully saturated rings.